The second kappa shape index (κ2) is 4.29. The highest BCUT2D eigenvalue weighted by atomic mass is 14.2. The van der Waals surface area contributed by atoms with E-state index >= 15 is 0 Å². The maximum atomic E-state index is 4.20. The van der Waals surface area contributed by atoms with Crippen LogP contribution in [0.4, 0.5) is 0 Å². The van der Waals surface area contributed by atoms with E-state index in [-0.39, 0.29) is 0 Å². The van der Waals surface area contributed by atoms with Crippen LogP contribution in [0.5, 0.6) is 0 Å². The van der Waals surface area contributed by atoms with Gasteiger partial charge in [0.05, 0.1) is 0 Å². The first kappa shape index (κ1) is 11.2. The summed E-state index contributed by atoms with van der Waals surface area (Å²) in [7, 11) is 0. The molecule has 0 atom stereocenters. The number of fused-ring (bicyclic) bond motifs is 1. The van der Waals surface area contributed by atoms with Crippen molar-refractivity contribution in [2.24, 2.45) is 0 Å². The summed E-state index contributed by atoms with van der Waals surface area (Å²) in [5.74, 6) is 0.574. The van der Waals surface area contributed by atoms with E-state index in [4.69, 9.17) is 0 Å². The summed E-state index contributed by atoms with van der Waals surface area (Å²) in [6.07, 6.45) is 6.66. The molecule has 0 aliphatic heterocycles. The zero-order valence-corrected chi connectivity index (χ0v) is 10.5. The van der Waals surface area contributed by atoms with E-state index in [2.05, 4.69) is 51.6 Å². The van der Waals surface area contributed by atoms with Gasteiger partial charge < -0.3 is 0 Å². The standard InChI is InChI=1S/C16H20/c1-5-6-15-14(11(2)3)10-9-13-8-7-12(4)16(13)15/h5-6,9-11H,4,7-8H2,1-3H3/b6-5-. The molecule has 0 aromatic heterocycles. The topological polar surface area (TPSA) is 0 Å². The van der Waals surface area contributed by atoms with Crippen LogP contribution in [0.3, 0.4) is 0 Å². The Morgan fingerprint density at radius 3 is 2.62 bits per heavy atom. The van der Waals surface area contributed by atoms with Gasteiger partial charge in [-0.3, -0.25) is 0 Å². The van der Waals surface area contributed by atoms with Crippen molar-refractivity contribution in [3.8, 4) is 0 Å². The molecule has 1 aromatic carbocycles. The van der Waals surface area contributed by atoms with Gasteiger partial charge in [0.25, 0.3) is 0 Å². The minimum Gasteiger partial charge on any atom is -0.0952 e. The predicted molar refractivity (Wildman–Crippen MR) is 72.6 cm³/mol. The lowest BCUT2D eigenvalue weighted by Gasteiger charge is -2.15. The Labute approximate surface area is 98.7 Å². The maximum Gasteiger partial charge on any atom is -0.0123 e. The first-order valence-corrected chi connectivity index (χ1v) is 6.11. The zero-order valence-electron chi connectivity index (χ0n) is 10.5. The van der Waals surface area contributed by atoms with Crippen molar-refractivity contribution in [2.75, 3.05) is 0 Å². The Morgan fingerprint density at radius 2 is 2.00 bits per heavy atom. The van der Waals surface area contributed by atoms with Gasteiger partial charge in [-0.2, -0.15) is 0 Å². The molecule has 0 saturated heterocycles. The Morgan fingerprint density at radius 1 is 1.25 bits per heavy atom. The molecule has 0 amide bonds. The van der Waals surface area contributed by atoms with E-state index in [1.165, 1.54) is 27.8 Å². The lowest BCUT2D eigenvalue weighted by Crippen LogP contribution is -1.97. The summed E-state index contributed by atoms with van der Waals surface area (Å²) in [5, 5.41) is 0. The van der Waals surface area contributed by atoms with Gasteiger partial charge >= 0.3 is 0 Å². The third-order valence-electron chi connectivity index (χ3n) is 3.37. The number of hydrogen-bond donors (Lipinski definition) is 0. The molecule has 0 heterocycles. The highest BCUT2D eigenvalue weighted by Gasteiger charge is 2.20. The van der Waals surface area contributed by atoms with Gasteiger partial charge in [-0.05, 0) is 53.5 Å². The number of benzene rings is 1. The molecule has 0 nitrogen and oxygen atoms in total. The Bertz CT molecular complexity index is 447. The monoisotopic (exact) mass is 212 g/mol. The van der Waals surface area contributed by atoms with E-state index < -0.39 is 0 Å². The lowest BCUT2D eigenvalue weighted by molar-refractivity contribution is 0.862. The fourth-order valence-electron chi connectivity index (χ4n) is 2.57. The Kier molecular flexibility index (Phi) is 3.00. The molecule has 1 aliphatic carbocycles. The van der Waals surface area contributed by atoms with Crippen LogP contribution in [-0.2, 0) is 6.42 Å². The van der Waals surface area contributed by atoms with Gasteiger partial charge in [-0.25, -0.2) is 0 Å². The van der Waals surface area contributed by atoms with Crippen molar-refractivity contribution in [1.29, 1.82) is 0 Å². The van der Waals surface area contributed by atoms with Crippen molar-refractivity contribution < 1.29 is 0 Å². The van der Waals surface area contributed by atoms with Crippen LogP contribution in [0.2, 0.25) is 0 Å². The molecule has 1 aromatic rings. The number of rotatable bonds is 2. The summed E-state index contributed by atoms with van der Waals surface area (Å²) < 4.78 is 0. The molecule has 0 saturated carbocycles. The molecule has 0 spiro atoms. The first-order valence-electron chi connectivity index (χ1n) is 6.11. The molecule has 0 heteroatoms. The summed E-state index contributed by atoms with van der Waals surface area (Å²) in [6, 6.07) is 4.58. The van der Waals surface area contributed by atoms with Crippen molar-refractivity contribution in [3.05, 3.63) is 47.0 Å². The molecule has 1 aliphatic rings. The molecule has 0 bridgehead atoms. The fraction of sp³-hybridized carbons (Fsp3) is 0.375. The molecule has 2 rings (SSSR count). The van der Waals surface area contributed by atoms with Crippen molar-refractivity contribution in [1.82, 2.24) is 0 Å². The largest absolute Gasteiger partial charge is 0.0952 e. The fourth-order valence-corrected chi connectivity index (χ4v) is 2.57. The number of hydrogen-bond acceptors (Lipinski definition) is 0. The van der Waals surface area contributed by atoms with Crippen molar-refractivity contribution in [3.63, 3.8) is 0 Å². The summed E-state index contributed by atoms with van der Waals surface area (Å²) in [4.78, 5) is 0. The van der Waals surface area contributed by atoms with Crippen LogP contribution in [0, 0.1) is 0 Å². The van der Waals surface area contributed by atoms with Crippen LogP contribution in [-0.4, -0.2) is 0 Å². The van der Waals surface area contributed by atoms with E-state index in [1.807, 2.05) is 0 Å². The molecule has 16 heavy (non-hydrogen) atoms. The summed E-state index contributed by atoms with van der Waals surface area (Å²) in [5.41, 5.74) is 7.05. The molecular formula is C16H20. The van der Waals surface area contributed by atoms with Crippen LogP contribution >= 0.6 is 0 Å². The van der Waals surface area contributed by atoms with Crippen LogP contribution in [0.1, 0.15) is 55.4 Å². The Balaban J connectivity index is 2.67. The normalized spacial score (nSPS) is 15.1. The average Bonchev–Trinajstić information content (AvgIpc) is 2.61. The van der Waals surface area contributed by atoms with Gasteiger partial charge in [0.15, 0.2) is 0 Å². The summed E-state index contributed by atoms with van der Waals surface area (Å²) in [6.45, 7) is 10.8. The van der Waals surface area contributed by atoms with Crippen LogP contribution in [0.15, 0.2) is 24.8 Å². The number of aryl methyl sites for hydroxylation is 1. The van der Waals surface area contributed by atoms with Gasteiger partial charge in [0.2, 0.25) is 0 Å². The van der Waals surface area contributed by atoms with Gasteiger partial charge in [0.1, 0.15) is 0 Å². The van der Waals surface area contributed by atoms with Crippen LogP contribution in [0.25, 0.3) is 11.6 Å². The van der Waals surface area contributed by atoms with E-state index in [9.17, 15) is 0 Å². The maximum absolute atomic E-state index is 4.20. The second-order valence-corrected chi connectivity index (χ2v) is 4.86. The second-order valence-electron chi connectivity index (χ2n) is 4.86. The molecule has 0 fully saturated rings. The lowest BCUT2D eigenvalue weighted by atomic mass is 9.90. The number of allylic oxidation sites excluding steroid dienone is 2. The third kappa shape index (κ3) is 1.73. The zero-order chi connectivity index (χ0) is 11.7. The van der Waals surface area contributed by atoms with Gasteiger partial charge in [0, 0.05) is 0 Å². The summed E-state index contributed by atoms with van der Waals surface area (Å²) >= 11 is 0. The molecular weight excluding hydrogens is 192 g/mol. The average molecular weight is 212 g/mol. The van der Waals surface area contributed by atoms with Gasteiger partial charge in [-0.15, -0.1) is 0 Å². The SMILES string of the molecule is C=C1CCc2ccc(C(C)C)c(/C=C\C)c21. The Hall–Kier alpha value is -1.30. The third-order valence-corrected chi connectivity index (χ3v) is 3.37. The smallest absolute Gasteiger partial charge is 0.0123 e. The highest BCUT2D eigenvalue weighted by Crippen LogP contribution is 2.37. The van der Waals surface area contributed by atoms with Crippen LogP contribution < -0.4 is 0 Å². The minimum atomic E-state index is 0.574. The van der Waals surface area contributed by atoms with Gasteiger partial charge in [-0.1, -0.05) is 44.7 Å². The molecule has 0 radical (unpaired) electrons. The first-order chi connectivity index (χ1) is 7.65. The van der Waals surface area contributed by atoms with Crippen molar-refractivity contribution >= 4 is 11.6 Å². The van der Waals surface area contributed by atoms with E-state index in [0.29, 0.717) is 5.92 Å². The molecule has 0 N–H and O–H groups in total. The predicted octanol–water partition coefficient (Wildman–Crippen LogP) is 4.80. The molecule has 0 unspecified atom stereocenters. The minimum absolute atomic E-state index is 0.574. The van der Waals surface area contributed by atoms with E-state index in [1.54, 1.807) is 0 Å². The van der Waals surface area contributed by atoms with Crippen molar-refractivity contribution in [2.45, 2.75) is 39.5 Å². The quantitative estimate of drug-likeness (QED) is 0.660. The van der Waals surface area contributed by atoms with E-state index in [0.717, 1.165) is 12.8 Å². The highest BCUT2D eigenvalue weighted by molar-refractivity contribution is 5.80. The molecule has 84 valence electrons.